The van der Waals surface area contributed by atoms with Crippen LogP contribution in [0.1, 0.15) is 0 Å². The van der Waals surface area contributed by atoms with Gasteiger partial charge in [0.15, 0.2) is 0 Å². The zero-order valence-electron chi connectivity index (χ0n) is 26.0. The molecule has 3 aromatic heterocycles. The molecule has 0 aliphatic rings. The van der Waals surface area contributed by atoms with E-state index in [1.807, 2.05) is 23.5 Å². The Bertz CT molecular complexity index is 2750. The van der Waals surface area contributed by atoms with Crippen molar-refractivity contribution in [2.24, 2.45) is 0 Å². The van der Waals surface area contributed by atoms with Crippen LogP contribution in [0, 0.1) is 0 Å². The Morgan fingerprint density at radius 1 is 0.375 bits per heavy atom. The molecule has 0 saturated heterocycles. The van der Waals surface area contributed by atoms with E-state index in [9.17, 15) is 0 Å². The summed E-state index contributed by atoms with van der Waals surface area (Å²) >= 11 is 1.88. The van der Waals surface area contributed by atoms with Gasteiger partial charge in [0.25, 0.3) is 0 Å². The van der Waals surface area contributed by atoms with Gasteiger partial charge in [0, 0.05) is 47.8 Å². The molecule has 0 atom stereocenters. The Morgan fingerprint density at radius 2 is 0.979 bits per heavy atom. The summed E-state index contributed by atoms with van der Waals surface area (Å²) in [5.41, 5.74) is 10.0. The van der Waals surface area contributed by atoms with Crippen molar-refractivity contribution >= 4 is 64.1 Å². The smallest absolute Gasteiger partial charge is 0.0715 e. The first-order valence-corrected chi connectivity index (χ1v) is 17.1. The maximum absolute atomic E-state index is 5.08. The molecular weight excluding hydrogens is 601 g/mol. The molecule has 0 fully saturated rings. The minimum atomic E-state index is 0.970. The monoisotopic (exact) mass is 628 g/mol. The number of hydrogen-bond donors (Lipinski definition) is 0. The predicted molar refractivity (Wildman–Crippen MR) is 205 cm³/mol. The fraction of sp³-hybridized carbons (Fsp3) is 0. The summed E-state index contributed by atoms with van der Waals surface area (Å²) in [5.74, 6) is 0. The summed E-state index contributed by atoms with van der Waals surface area (Å²) in [6.45, 7) is 0. The van der Waals surface area contributed by atoms with Crippen LogP contribution in [0.2, 0.25) is 0 Å². The number of rotatable bonds is 4. The van der Waals surface area contributed by atoms with Gasteiger partial charge >= 0.3 is 0 Å². The Kier molecular flexibility index (Phi) is 6.08. The number of pyridine rings is 1. The third kappa shape index (κ3) is 4.22. The molecule has 224 valence electrons. The van der Waals surface area contributed by atoms with Crippen LogP contribution in [-0.2, 0) is 0 Å². The second-order valence-electron chi connectivity index (χ2n) is 12.3. The average molecular weight is 629 g/mol. The van der Waals surface area contributed by atoms with Crippen molar-refractivity contribution in [3.8, 4) is 39.3 Å². The number of hydrogen-bond acceptors (Lipinski definition) is 2. The van der Waals surface area contributed by atoms with E-state index in [0.717, 1.165) is 39.3 Å². The lowest BCUT2D eigenvalue weighted by Gasteiger charge is -2.12. The van der Waals surface area contributed by atoms with Crippen LogP contribution in [0.15, 0.2) is 170 Å². The Hall–Kier alpha value is -6.03. The molecule has 0 bridgehead atoms. The maximum atomic E-state index is 5.08. The highest BCUT2D eigenvalue weighted by atomic mass is 32.1. The zero-order valence-corrected chi connectivity index (χ0v) is 26.8. The number of nitrogens with zero attached hydrogens (tertiary/aromatic N) is 2. The fourth-order valence-corrected chi connectivity index (χ4v) is 8.51. The van der Waals surface area contributed by atoms with E-state index < -0.39 is 0 Å². The molecule has 0 N–H and O–H groups in total. The standard InChI is InChI=1S/C45H28N2S/c1-3-11-30(12-4-1)38-27-32(28-39(46-38)31-13-5-2-6-14-31)29-19-21-33(22-20-29)47-40-17-9-7-15-36(40)44-34-24-26-43-45(35(34)23-25-41(44)47)37-16-8-10-18-42(37)48-43/h1-28H. The average Bonchev–Trinajstić information content (AvgIpc) is 3.72. The lowest BCUT2D eigenvalue weighted by molar-refractivity contribution is 1.18. The molecule has 0 radical (unpaired) electrons. The third-order valence-corrected chi connectivity index (χ3v) is 10.7. The minimum Gasteiger partial charge on any atom is -0.309 e. The van der Waals surface area contributed by atoms with E-state index in [0.29, 0.717) is 0 Å². The highest BCUT2D eigenvalue weighted by Crippen LogP contribution is 2.43. The molecule has 3 heteroatoms. The van der Waals surface area contributed by atoms with Crippen molar-refractivity contribution in [1.29, 1.82) is 0 Å². The summed E-state index contributed by atoms with van der Waals surface area (Å²) in [7, 11) is 0. The predicted octanol–water partition coefficient (Wildman–Crippen LogP) is 12.7. The second kappa shape index (κ2) is 10.8. The first kappa shape index (κ1) is 27.1. The molecule has 0 amide bonds. The van der Waals surface area contributed by atoms with E-state index in [-0.39, 0.29) is 0 Å². The Labute approximate surface area is 281 Å². The van der Waals surface area contributed by atoms with Crippen LogP contribution in [0.25, 0.3) is 92.1 Å². The number of aromatic nitrogens is 2. The fourth-order valence-electron chi connectivity index (χ4n) is 7.39. The van der Waals surface area contributed by atoms with Gasteiger partial charge in [-0.05, 0) is 70.4 Å². The molecule has 0 aliphatic heterocycles. The topological polar surface area (TPSA) is 17.8 Å². The second-order valence-corrected chi connectivity index (χ2v) is 13.4. The van der Waals surface area contributed by atoms with Gasteiger partial charge in [-0.15, -0.1) is 11.3 Å². The summed E-state index contributed by atoms with van der Waals surface area (Å²) in [5, 5.41) is 7.89. The summed E-state index contributed by atoms with van der Waals surface area (Å²) in [4.78, 5) is 5.08. The van der Waals surface area contributed by atoms with E-state index >= 15 is 0 Å². The maximum Gasteiger partial charge on any atom is 0.0715 e. The molecular formula is C45H28N2S. The number of benzene rings is 7. The lowest BCUT2D eigenvalue weighted by atomic mass is 9.99. The molecule has 0 aliphatic carbocycles. The quantitative estimate of drug-likeness (QED) is 0.190. The van der Waals surface area contributed by atoms with Gasteiger partial charge in [0.1, 0.15) is 0 Å². The Morgan fingerprint density at radius 3 is 1.71 bits per heavy atom. The SMILES string of the molecule is c1ccc(-c2cc(-c3ccc(-n4c5ccccc5c5c6ccc7sc8ccccc8c7c6ccc54)cc3)cc(-c3ccccc3)n2)cc1. The highest BCUT2D eigenvalue weighted by Gasteiger charge is 2.17. The van der Waals surface area contributed by atoms with Crippen molar-refractivity contribution < 1.29 is 0 Å². The van der Waals surface area contributed by atoms with E-state index in [1.165, 1.54) is 52.8 Å². The molecule has 0 saturated carbocycles. The first-order valence-electron chi connectivity index (χ1n) is 16.3. The molecule has 2 nitrogen and oxygen atoms in total. The van der Waals surface area contributed by atoms with Gasteiger partial charge in [-0.2, -0.15) is 0 Å². The molecule has 0 unspecified atom stereocenters. The third-order valence-electron chi connectivity index (χ3n) is 9.60. The Balaban J connectivity index is 1.15. The van der Waals surface area contributed by atoms with Crippen LogP contribution in [0.3, 0.4) is 0 Å². The summed E-state index contributed by atoms with van der Waals surface area (Å²) in [6, 6.07) is 61.2. The van der Waals surface area contributed by atoms with E-state index in [2.05, 4.69) is 162 Å². The van der Waals surface area contributed by atoms with Crippen LogP contribution >= 0.6 is 11.3 Å². The highest BCUT2D eigenvalue weighted by molar-refractivity contribution is 7.26. The number of para-hydroxylation sites is 1. The molecule has 0 spiro atoms. The molecule has 10 rings (SSSR count). The van der Waals surface area contributed by atoms with E-state index in [4.69, 9.17) is 4.98 Å². The normalized spacial score (nSPS) is 11.8. The van der Waals surface area contributed by atoms with Crippen molar-refractivity contribution in [3.63, 3.8) is 0 Å². The summed E-state index contributed by atoms with van der Waals surface area (Å²) in [6.07, 6.45) is 0. The van der Waals surface area contributed by atoms with Gasteiger partial charge in [-0.25, -0.2) is 4.98 Å². The molecule has 7 aromatic carbocycles. The van der Waals surface area contributed by atoms with Crippen LogP contribution < -0.4 is 0 Å². The minimum absolute atomic E-state index is 0.970. The van der Waals surface area contributed by atoms with Crippen molar-refractivity contribution in [2.45, 2.75) is 0 Å². The van der Waals surface area contributed by atoms with Gasteiger partial charge < -0.3 is 4.57 Å². The van der Waals surface area contributed by atoms with Gasteiger partial charge in [0.2, 0.25) is 0 Å². The molecule has 3 heterocycles. The lowest BCUT2D eigenvalue weighted by Crippen LogP contribution is -1.94. The largest absolute Gasteiger partial charge is 0.309 e. The van der Waals surface area contributed by atoms with E-state index in [1.54, 1.807) is 0 Å². The van der Waals surface area contributed by atoms with Crippen molar-refractivity contribution in [3.05, 3.63) is 170 Å². The molecule has 10 aromatic rings. The number of thiophene rings is 1. The van der Waals surface area contributed by atoms with Crippen LogP contribution in [0.5, 0.6) is 0 Å². The van der Waals surface area contributed by atoms with Crippen LogP contribution in [0.4, 0.5) is 0 Å². The molecule has 48 heavy (non-hydrogen) atoms. The number of fused-ring (bicyclic) bond motifs is 9. The van der Waals surface area contributed by atoms with Crippen molar-refractivity contribution in [2.75, 3.05) is 0 Å². The zero-order chi connectivity index (χ0) is 31.6. The van der Waals surface area contributed by atoms with Crippen molar-refractivity contribution in [1.82, 2.24) is 9.55 Å². The van der Waals surface area contributed by atoms with Gasteiger partial charge in [0.05, 0.1) is 22.4 Å². The van der Waals surface area contributed by atoms with Crippen LogP contribution in [-0.4, -0.2) is 9.55 Å². The van der Waals surface area contributed by atoms with Gasteiger partial charge in [-0.3, -0.25) is 0 Å². The summed E-state index contributed by atoms with van der Waals surface area (Å²) < 4.78 is 5.09. The first-order chi connectivity index (χ1) is 23.8. The van der Waals surface area contributed by atoms with Gasteiger partial charge in [-0.1, -0.05) is 121 Å².